The Morgan fingerprint density at radius 3 is 2.95 bits per heavy atom. The molecule has 2 rings (SSSR count). The molecule has 0 aliphatic carbocycles. The van der Waals surface area contributed by atoms with Crippen molar-refractivity contribution >= 4 is 11.9 Å². The highest BCUT2D eigenvalue weighted by Crippen LogP contribution is 2.25. The zero-order valence-electron chi connectivity index (χ0n) is 12.0. The highest BCUT2D eigenvalue weighted by molar-refractivity contribution is 5.73. The Hall–Kier alpha value is -1.95. The van der Waals surface area contributed by atoms with Crippen molar-refractivity contribution < 1.29 is 14.7 Å². The van der Waals surface area contributed by atoms with Crippen LogP contribution in [0.25, 0.3) is 0 Å². The minimum Gasteiger partial charge on any atom is -0.480 e. The van der Waals surface area contributed by atoms with Crippen LogP contribution in [0, 0.1) is 0 Å². The second-order valence-electron chi connectivity index (χ2n) is 5.49. The smallest absolute Gasteiger partial charge is 0.317 e. The Kier molecular flexibility index (Phi) is 5.27. The maximum atomic E-state index is 10.8. The van der Waals surface area contributed by atoms with Gasteiger partial charge in [-0.05, 0) is 37.9 Å². The lowest BCUT2D eigenvalue weighted by atomic mass is 9.94. The van der Waals surface area contributed by atoms with Crippen molar-refractivity contribution in [2.45, 2.75) is 31.6 Å². The third-order valence-corrected chi connectivity index (χ3v) is 3.74. The fraction of sp³-hybridized carbons (Fsp3) is 0.533. The van der Waals surface area contributed by atoms with Crippen LogP contribution in [0.3, 0.4) is 0 Å². The standard InChI is InChI=1S/C15H21N3O3/c16-14(19)7-6-12-4-1-5-13(17-12)11-3-2-8-18(9-11)10-15(20)21/h1,4-5,11H,2-3,6-10H2,(H2,16,19)(H,20,21)/t11-/m0/s1. The van der Waals surface area contributed by atoms with Gasteiger partial charge in [0.25, 0.3) is 0 Å². The molecule has 2 heterocycles. The summed E-state index contributed by atoms with van der Waals surface area (Å²) in [4.78, 5) is 28.2. The fourth-order valence-electron chi connectivity index (χ4n) is 2.75. The Labute approximate surface area is 124 Å². The second-order valence-corrected chi connectivity index (χ2v) is 5.49. The summed E-state index contributed by atoms with van der Waals surface area (Å²) >= 11 is 0. The summed E-state index contributed by atoms with van der Waals surface area (Å²) in [5.41, 5.74) is 7.00. The monoisotopic (exact) mass is 291 g/mol. The summed E-state index contributed by atoms with van der Waals surface area (Å²) in [7, 11) is 0. The first kappa shape index (κ1) is 15.4. The third kappa shape index (κ3) is 4.82. The van der Waals surface area contributed by atoms with Crippen LogP contribution < -0.4 is 5.73 Å². The van der Waals surface area contributed by atoms with Gasteiger partial charge < -0.3 is 10.8 Å². The number of carbonyl (C=O) groups is 2. The lowest BCUT2D eigenvalue weighted by Gasteiger charge is -2.31. The molecule has 0 saturated carbocycles. The molecule has 0 spiro atoms. The van der Waals surface area contributed by atoms with E-state index in [0.717, 1.165) is 37.3 Å². The lowest BCUT2D eigenvalue weighted by Crippen LogP contribution is -2.38. The number of carboxylic acid groups (broad SMARTS) is 1. The normalized spacial score (nSPS) is 19.3. The fourth-order valence-corrected chi connectivity index (χ4v) is 2.75. The van der Waals surface area contributed by atoms with Crippen LogP contribution in [0.2, 0.25) is 0 Å². The number of nitrogens with zero attached hydrogens (tertiary/aromatic N) is 2. The van der Waals surface area contributed by atoms with Crippen LogP contribution in [0.5, 0.6) is 0 Å². The van der Waals surface area contributed by atoms with Crippen LogP contribution in [0.4, 0.5) is 0 Å². The molecule has 6 heteroatoms. The molecule has 0 bridgehead atoms. The van der Waals surface area contributed by atoms with E-state index in [1.54, 1.807) is 0 Å². The molecule has 1 amide bonds. The summed E-state index contributed by atoms with van der Waals surface area (Å²) in [6, 6.07) is 5.81. The van der Waals surface area contributed by atoms with E-state index in [2.05, 4.69) is 4.98 Å². The van der Waals surface area contributed by atoms with Gasteiger partial charge in [0.2, 0.25) is 5.91 Å². The molecule has 3 N–H and O–H groups in total. The molecule has 6 nitrogen and oxygen atoms in total. The van der Waals surface area contributed by atoms with Crippen LogP contribution in [-0.2, 0) is 16.0 Å². The van der Waals surface area contributed by atoms with Gasteiger partial charge in [0.15, 0.2) is 0 Å². The number of carboxylic acids is 1. The number of carbonyl (C=O) groups excluding carboxylic acids is 1. The van der Waals surface area contributed by atoms with Crippen molar-refractivity contribution in [3.63, 3.8) is 0 Å². The summed E-state index contributed by atoms with van der Waals surface area (Å²) in [6.07, 6.45) is 2.84. The third-order valence-electron chi connectivity index (χ3n) is 3.74. The van der Waals surface area contributed by atoms with E-state index in [-0.39, 0.29) is 18.4 Å². The zero-order chi connectivity index (χ0) is 15.2. The van der Waals surface area contributed by atoms with Gasteiger partial charge >= 0.3 is 5.97 Å². The van der Waals surface area contributed by atoms with E-state index in [0.29, 0.717) is 12.8 Å². The van der Waals surface area contributed by atoms with Gasteiger partial charge in [-0.25, -0.2) is 0 Å². The summed E-state index contributed by atoms with van der Waals surface area (Å²) in [6.45, 7) is 1.63. The van der Waals surface area contributed by atoms with Gasteiger partial charge in [0.05, 0.1) is 6.54 Å². The van der Waals surface area contributed by atoms with Crippen LogP contribution >= 0.6 is 0 Å². The largest absolute Gasteiger partial charge is 0.480 e. The molecule has 1 aliphatic rings. The maximum Gasteiger partial charge on any atom is 0.317 e. The number of primary amides is 1. The number of amides is 1. The number of nitrogens with two attached hydrogens (primary N) is 1. The Bertz CT molecular complexity index is 519. The number of rotatable bonds is 6. The molecule has 1 saturated heterocycles. The van der Waals surface area contributed by atoms with Crippen LogP contribution in [0.1, 0.15) is 36.6 Å². The predicted molar refractivity (Wildman–Crippen MR) is 77.8 cm³/mol. The van der Waals surface area contributed by atoms with Crippen molar-refractivity contribution in [2.24, 2.45) is 5.73 Å². The van der Waals surface area contributed by atoms with E-state index in [4.69, 9.17) is 10.8 Å². The molecule has 0 aromatic carbocycles. The van der Waals surface area contributed by atoms with Gasteiger partial charge in [0.1, 0.15) is 0 Å². The molecule has 114 valence electrons. The molecule has 0 unspecified atom stereocenters. The molecular formula is C15H21N3O3. The molecule has 1 aliphatic heterocycles. The number of hydrogen-bond acceptors (Lipinski definition) is 4. The van der Waals surface area contributed by atoms with E-state index in [1.165, 1.54) is 0 Å². The number of hydrogen-bond donors (Lipinski definition) is 2. The van der Waals surface area contributed by atoms with E-state index in [9.17, 15) is 9.59 Å². The minimum atomic E-state index is -0.793. The first-order valence-corrected chi connectivity index (χ1v) is 7.23. The Balaban J connectivity index is 2.01. The highest BCUT2D eigenvalue weighted by atomic mass is 16.4. The number of pyridine rings is 1. The number of aryl methyl sites for hydroxylation is 1. The second kappa shape index (κ2) is 7.17. The molecule has 1 aromatic heterocycles. The summed E-state index contributed by atoms with van der Waals surface area (Å²) in [5, 5.41) is 8.89. The topological polar surface area (TPSA) is 96.5 Å². The highest BCUT2D eigenvalue weighted by Gasteiger charge is 2.23. The van der Waals surface area contributed by atoms with Crippen molar-refractivity contribution in [3.8, 4) is 0 Å². The van der Waals surface area contributed by atoms with E-state index >= 15 is 0 Å². The zero-order valence-corrected chi connectivity index (χ0v) is 12.0. The van der Waals surface area contributed by atoms with Gasteiger partial charge in [0, 0.05) is 30.3 Å². The van der Waals surface area contributed by atoms with Crippen molar-refractivity contribution in [3.05, 3.63) is 29.6 Å². The van der Waals surface area contributed by atoms with Gasteiger partial charge in [-0.3, -0.25) is 19.5 Å². The van der Waals surface area contributed by atoms with Gasteiger partial charge in [-0.1, -0.05) is 6.07 Å². The molecule has 1 atom stereocenters. The van der Waals surface area contributed by atoms with E-state index < -0.39 is 5.97 Å². The quantitative estimate of drug-likeness (QED) is 0.806. The Morgan fingerprint density at radius 2 is 2.24 bits per heavy atom. The predicted octanol–water partition coefficient (Wildman–Crippen LogP) is 0.763. The lowest BCUT2D eigenvalue weighted by molar-refractivity contribution is -0.138. The van der Waals surface area contributed by atoms with Crippen LogP contribution in [0.15, 0.2) is 18.2 Å². The first-order valence-electron chi connectivity index (χ1n) is 7.23. The molecule has 21 heavy (non-hydrogen) atoms. The molecular weight excluding hydrogens is 270 g/mol. The average molecular weight is 291 g/mol. The number of aliphatic carboxylic acids is 1. The van der Waals surface area contributed by atoms with Crippen LogP contribution in [-0.4, -0.2) is 46.5 Å². The summed E-state index contributed by atoms with van der Waals surface area (Å²) in [5.74, 6) is -0.863. The molecule has 0 radical (unpaired) electrons. The first-order chi connectivity index (χ1) is 10.0. The number of likely N-dealkylation sites (tertiary alicyclic amines) is 1. The molecule has 1 fully saturated rings. The summed E-state index contributed by atoms with van der Waals surface area (Å²) < 4.78 is 0. The SMILES string of the molecule is NC(=O)CCc1cccc([C@H]2CCCN(CC(=O)O)C2)n1. The number of piperidine rings is 1. The van der Waals surface area contributed by atoms with Crippen molar-refractivity contribution in [2.75, 3.05) is 19.6 Å². The van der Waals surface area contributed by atoms with Gasteiger partial charge in [-0.2, -0.15) is 0 Å². The van der Waals surface area contributed by atoms with Crippen molar-refractivity contribution in [1.29, 1.82) is 0 Å². The minimum absolute atomic E-state index is 0.0812. The van der Waals surface area contributed by atoms with Gasteiger partial charge in [-0.15, -0.1) is 0 Å². The average Bonchev–Trinajstić information content (AvgIpc) is 2.45. The number of aromatic nitrogens is 1. The Morgan fingerprint density at radius 1 is 1.43 bits per heavy atom. The maximum absolute atomic E-state index is 10.8. The van der Waals surface area contributed by atoms with Crippen molar-refractivity contribution in [1.82, 2.24) is 9.88 Å². The molecule has 1 aromatic rings. The van der Waals surface area contributed by atoms with E-state index in [1.807, 2.05) is 23.1 Å².